The van der Waals surface area contributed by atoms with Crippen LogP contribution in [-0.2, 0) is 11.3 Å². The number of carbonyl (C=O) groups is 1. The number of aryl methyl sites for hydroxylation is 1. The molecule has 2 fully saturated rings. The fourth-order valence-corrected chi connectivity index (χ4v) is 3.53. The standard InChI is InChI=1S/C22H23N5O4/c1-13-2-3-15(10-23-13)20-17(21(31-27-20)14-4-5-14)12-30-19-7-6-18(25-26-19)22(28)24-16-8-9-29-11-16/h2-3,6-7,10,14,16H,4-5,8-9,11-12H2,1H3,(H,24,28). The third kappa shape index (κ3) is 4.41. The van der Waals surface area contributed by atoms with Crippen LogP contribution in [-0.4, -0.2) is 45.5 Å². The van der Waals surface area contributed by atoms with Crippen molar-refractivity contribution in [2.75, 3.05) is 13.2 Å². The van der Waals surface area contributed by atoms with Crippen molar-refractivity contribution in [2.24, 2.45) is 0 Å². The van der Waals surface area contributed by atoms with E-state index in [0.717, 1.165) is 47.5 Å². The Bertz CT molecular complexity index is 1050. The van der Waals surface area contributed by atoms with E-state index in [-0.39, 0.29) is 24.2 Å². The maximum atomic E-state index is 12.3. The van der Waals surface area contributed by atoms with Gasteiger partial charge in [-0.1, -0.05) is 5.16 Å². The van der Waals surface area contributed by atoms with Crippen LogP contribution < -0.4 is 10.1 Å². The predicted octanol–water partition coefficient (Wildman–Crippen LogP) is 2.81. The summed E-state index contributed by atoms with van der Waals surface area (Å²) in [6.45, 7) is 3.38. The van der Waals surface area contributed by atoms with Gasteiger partial charge in [-0.05, 0) is 44.4 Å². The van der Waals surface area contributed by atoms with E-state index in [1.807, 2.05) is 19.1 Å². The lowest BCUT2D eigenvalue weighted by atomic mass is 10.1. The van der Waals surface area contributed by atoms with E-state index >= 15 is 0 Å². The zero-order valence-electron chi connectivity index (χ0n) is 17.2. The van der Waals surface area contributed by atoms with Gasteiger partial charge in [-0.15, -0.1) is 10.2 Å². The van der Waals surface area contributed by atoms with Crippen LogP contribution >= 0.6 is 0 Å². The van der Waals surface area contributed by atoms with Gasteiger partial charge in [0, 0.05) is 36.0 Å². The largest absolute Gasteiger partial charge is 0.472 e. The smallest absolute Gasteiger partial charge is 0.272 e. The minimum atomic E-state index is -0.265. The van der Waals surface area contributed by atoms with Gasteiger partial charge in [0.1, 0.15) is 18.1 Å². The number of ether oxygens (including phenoxy) is 2. The number of nitrogens with zero attached hydrogens (tertiary/aromatic N) is 4. The van der Waals surface area contributed by atoms with Gasteiger partial charge in [0.15, 0.2) is 5.69 Å². The molecule has 1 N–H and O–H groups in total. The first kappa shape index (κ1) is 19.6. The van der Waals surface area contributed by atoms with Crippen molar-refractivity contribution in [1.29, 1.82) is 0 Å². The first-order chi connectivity index (χ1) is 15.2. The molecule has 1 unspecified atom stereocenters. The number of carbonyl (C=O) groups excluding carboxylic acids is 1. The van der Waals surface area contributed by atoms with Gasteiger partial charge in [-0.3, -0.25) is 9.78 Å². The van der Waals surface area contributed by atoms with Gasteiger partial charge in [-0.25, -0.2) is 0 Å². The first-order valence-corrected chi connectivity index (χ1v) is 10.4. The summed E-state index contributed by atoms with van der Waals surface area (Å²) in [6.07, 6.45) is 4.77. The lowest BCUT2D eigenvalue weighted by Gasteiger charge is -2.10. The zero-order chi connectivity index (χ0) is 21.2. The van der Waals surface area contributed by atoms with Crippen LogP contribution in [0.4, 0.5) is 0 Å². The molecule has 1 aliphatic carbocycles. The van der Waals surface area contributed by atoms with Crippen molar-refractivity contribution in [2.45, 2.75) is 44.8 Å². The molecule has 0 spiro atoms. The zero-order valence-corrected chi connectivity index (χ0v) is 17.2. The monoisotopic (exact) mass is 421 g/mol. The second-order valence-electron chi connectivity index (χ2n) is 7.92. The normalized spacial score (nSPS) is 18.2. The van der Waals surface area contributed by atoms with Crippen LogP contribution in [0, 0.1) is 6.92 Å². The SMILES string of the molecule is Cc1ccc(-c2noc(C3CC3)c2COc2ccc(C(=O)NC3CCOC3)nn2)cn1. The molecule has 0 radical (unpaired) electrons. The maximum Gasteiger partial charge on any atom is 0.272 e. The fraction of sp³-hybridized carbons (Fsp3) is 0.409. The molecular weight excluding hydrogens is 398 g/mol. The van der Waals surface area contributed by atoms with Crippen molar-refractivity contribution in [3.05, 3.63) is 53.2 Å². The highest BCUT2D eigenvalue weighted by Gasteiger charge is 2.33. The third-order valence-corrected chi connectivity index (χ3v) is 5.45. The van der Waals surface area contributed by atoms with Gasteiger partial charge >= 0.3 is 0 Å². The number of nitrogens with one attached hydrogen (secondary N) is 1. The van der Waals surface area contributed by atoms with E-state index in [1.165, 1.54) is 0 Å². The summed E-state index contributed by atoms with van der Waals surface area (Å²) in [5.74, 6) is 1.31. The first-order valence-electron chi connectivity index (χ1n) is 10.4. The van der Waals surface area contributed by atoms with Crippen LogP contribution in [0.25, 0.3) is 11.3 Å². The summed E-state index contributed by atoms with van der Waals surface area (Å²) in [6, 6.07) is 7.19. The molecule has 4 heterocycles. The Kier molecular flexibility index (Phi) is 5.33. The molecule has 2 aliphatic rings. The fourth-order valence-electron chi connectivity index (χ4n) is 3.53. The summed E-state index contributed by atoms with van der Waals surface area (Å²) in [5, 5.41) is 15.2. The Labute approximate surface area is 179 Å². The topological polar surface area (TPSA) is 112 Å². The second kappa shape index (κ2) is 8.43. The number of pyridine rings is 1. The van der Waals surface area contributed by atoms with Gasteiger partial charge in [-0.2, -0.15) is 0 Å². The molecule has 3 aromatic rings. The van der Waals surface area contributed by atoms with E-state index in [0.29, 0.717) is 25.0 Å². The molecule has 5 rings (SSSR count). The van der Waals surface area contributed by atoms with Crippen LogP contribution in [0.3, 0.4) is 0 Å². The highest BCUT2D eigenvalue weighted by Crippen LogP contribution is 2.44. The van der Waals surface area contributed by atoms with E-state index in [4.69, 9.17) is 14.0 Å². The van der Waals surface area contributed by atoms with Crippen molar-refractivity contribution in [3.63, 3.8) is 0 Å². The molecule has 1 saturated heterocycles. The van der Waals surface area contributed by atoms with E-state index < -0.39 is 0 Å². The van der Waals surface area contributed by atoms with Gasteiger partial charge in [0.05, 0.1) is 18.2 Å². The van der Waals surface area contributed by atoms with Crippen molar-refractivity contribution >= 4 is 5.91 Å². The summed E-state index contributed by atoms with van der Waals surface area (Å²) in [5.41, 5.74) is 3.70. The Balaban J connectivity index is 1.29. The molecule has 0 bridgehead atoms. The second-order valence-corrected chi connectivity index (χ2v) is 7.92. The molecule has 9 heteroatoms. The molecule has 1 atom stereocenters. The van der Waals surface area contributed by atoms with Gasteiger partial charge in [0.2, 0.25) is 5.88 Å². The van der Waals surface area contributed by atoms with Crippen LogP contribution in [0.5, 0.6) is 5.88 Å². The van der Waals surface area contributed by atoms with E-state index in [9.17, 15) is 4.79 Å². The summed E-state index contributed by atoms with van der Waals surface area (Å²) < 4.78 is 16.8. The Morgan fingerprint density at radius 3 is 2.77 bits per heavy atom. The summed E-state index contributed by atoms with van der Waals surface area (Å²) in [4.78, 5) is 16.6. The van der Waals surface area contributed by atoms with Crippen LogP contribution in [0.1, 0.15) is 52.7 Å². The summed E-state index contributed by atoms with van der Waals surface area (Å²) in [7, 11) is 0. The lowest BCUT2D eigenvalue weighted by Crippen LogP contribution is -2.35. The molecule has 160 valence electrons. The molecule has 0 aromatic carbocycles. The van der Waals surface area contributed by atoms with Crippen LogP contribution in [0.2, 0.25) is 0 Å². The molecule has 31 heavy (non-hydrogen) atoms. The Morgan fingerprint density at radius 1 is 1.19 bits per heavy atom. The molecular formula is C22H23N5O4. The molecule has 3 aromatic heterocycles. The third-order valence-electron chi connectivity index (χ3n) is 5.45. The predicted molar refractivity (Wildman–Crippen MR) is 110 cm³/mol. The molecule has 9 nitrogen and oxygen atoms in total. The lowest BCUT2D eigenvalue weighted by molar-refractivity contribution is 0.0923. The highest BCUT2D eigenvalue weighted by atomic mass is 16.5. The number of aromatic nitrogens is 4. The van der Waals surface area contributed by atoms with E-state index in [1.54, 1.807) is 18.3 Å². The van der Waals surface area contributed by atoms with E-state index in [2.05, 4.69) is 25.7 Å². The Hall–Kier alpha value is -3.33. The average Bonchev–Trinajstić information content (AvgIpc) is 3.34. The summed E-state index contributed by atoms with van der Waals surface area (Å²) >= 11 is 0. The molecule has 1 saturated carbocycles. The number of rotatable bonds is 7. The van der Waals surface area contributed by atoms with Crippen molar-refractivity contribution < 1.29 is 18.8 Å². The van der Waals surface area contributed by atoms with Crippen LogP contribution in [0.15, 0.2) is 35.0 Å². The quantitative estimate of drug-likeness (QED) is 0.620. The number of hydrogen-bond acceptors (Lipinski definition) is 8. The molecule has 1 amide bonds. The minimum absolute atomic E-state index is 0.0225. The van der Waals surface area contributed by atoms with Gasteiger partial charge < -0.3 is 19.3 Å². The average molecular weight is 421 g/mol. The number of hydrogen-bond donors (Lipinski definition) is 1. The molecule has 1 aliphatic heterocycles. The van der Waals surface area contributed by atoms with Crippen molar-refractivity contribution in [1.82, 2.24) is 25.7 Å². The Morgan fingerprint density at radius 2 is 2.10 bits per heavy atom. The van der Waals surface area contributed by atoms with Crippen molar-refractivity contribution in [3.8, 4) is 17.1 Å². The number of amides is 1. The van der Waals surface area contributed by atoms with Gasteiger partial charge in [0.25, 0.3) is 5.91 Å². The minimum Gasteiger partial charge on any atom is -0.472 e. The maximum absolute atomic E-state index is 12.3. The highest BCUT2D eigenvalue weighted by molar-refractivity contribution is 5.92.